The van der Waals surface area contributed by atoms with Gasteiger partial charge in [0.2, 0.25) is 0 Å². The molecule has 3 N–H and O–H groups in total. The van der Waals surface area contributed by atoms with Crippen LogP contribution in [-0.2, 0) is 9.84 Å². The van der Waals surface area contributed by atoms with Gasteiger partial charge < -0.3 is 24.9 Å². The molecule has 0 radical (unpaired) electrons. The lowest BCUT2D eigenvalue weighted by molar-refractivity contribution is -0.206. The number of methoxy groups -OCH3 is 1. The number of nitrogens with one attached hydrogen (secondary N) is 2. The number of amides is 1. The number of hydrogen-bond donors (Lipinski definition) is 3. The van der Waals surface area contributed by atoms with Gasteiger partial charge >= 0.3 is 6.18 Å². The lowest BCUT2D eigenvalue weighted by Gasteiger charge is -2.13. The molecule has 0 saturated carbocycles. The summed E-state index contributed by atoms with van der Waals surface area (Å²) in [5.41, 5.74) is 0.00788. The van der Waals surface area contributed by atoms with E-state index in [1.54, 1.807) is 0 Å². The van der Waals surface area contributed by atoms with Gasteiger partial charge in [-0.25, -0.2) is 8.42 Å². The highest BCUT2D eigenvalue weighted by molar-refractivity contribution is 7.90. The summed E-state index contributed by atoms with van der Waals surface area (Å²) in [7, 11) is -0.688. The van der Waals surface area contributed by atoms with Crippen molar-refractivity contribution in [2.24, 2.45) is 0 Å². The first-order chi connectivity index (χ1) is 16.4. The summed E-state index contributed by atoms with van der Waals surface area (Å²) in [5, 5.41) is 15.0. The largest absolute Gasteiger partial charge is 0.495 e. The van der Waals surface area contributed by atoms with Crippen molar-refractivity contribution in [1.82, 2.24) is 5.32 Å². The quantitative estimate of drug-likeness (QED) is 0.436. The Kier molecular flexibility index (Phi) is 7.33. The molecule has 8 nitrogen and oxygen atoms in total. The third kappa shape index (κ3) is 5.70. The average molecular weight is 510 g/mol. The standard InChI is InChI=1S/C23H21F3N2O6S/c1-27-22(30)16-10-13(9-15-17(12-34-20(15)16)21(29)23(24,25)26)5-4-8-28-18-7-6-14(35(3,31)32)11-19(18)33-2/h6-7,9-12,21,28-29H,8H2,1-3H3,(H,27,30). The van der Waals surface area contributed by atoms with Gasteiger partial charge in [-0.3, -0.25) is 4.79 Å². The monoisotopic (exact) mass is 510 g/mol. The van der Waals surface area contributed by atoms with E-state index < -0.39 is 33.6 Å². The van der Waals surface area contributed by atoms with Crippen LogP contribution >= 0.6 is 0 Å². The molecule has 0 aliphatic rings. The summed E-state index contributed by atoms with van der Waals surface area (Å²) >= 11 is 0. The molecule has 0 aliphatic heterocycles. The van der Waals surface area contributed by atoms with Crippen LogP contribution in [0.5, 0.6) is 5.75 Å². The van der Waals surface area contributed by atoms with Gasteiger partial charge in [0.05, 0.1) is 36.1 Å². The number of fused-ring (bicyclic) bond motifs is 1. The second kappa shape index (κ2) is 9.89. The van der Waals surface area contributed by atoms with Crippen LogP contribution in [0.1, 0.15) is 27.6 Å². The Morgan fingerprint density at radius 1 is 1.26 bits per heavy atom. The number of halogens is 3. The predicted octanol–water partition coefficient (Wildman–Crippen LogP) is 3.26. The number of alkyl halides is 3. The highest BCUT2D eigenvalue weighted by Gasteiger charge is 2.41. The molecule has 1 atom stereocenters. The van der Waals surface area contributed by atoms with E-state index >= 15 is 0 Å². The maximum absolute atomic E-state index is 13.1. The van der Waals surface area contributed by atoms with E-state index in [4.69, 9.17) is 9.15 Å². The van der Waals surface area contributed by atoms with Crippen molar-refractivity contribution in [3.8, 4) is 17.6 Å². The van der Waals surface area contributed by atoms with E-state index in [9.17, 15) is 31.5 Å². The van der Waals surface area contributed by atoms with Gasteiger partial charge in [-0.15, -0.1) is 0 Å². The zero-order chi connectivity index (χ0) is 26.0. The first kappa shape index (κ1) is 25.9. The normalized spacial score (nSPS) is 12.5. The Labute approximate surface area is 199 Å². The Morgan fingerprint density at radius 3 is 2.57 bits per heavy atom. The maximum Gasteiger partial charge on any atom is 0.418 e. The number of hydrogen-bond acceptors (Lipinski definition) is 7. The van der Waals surface area contributed by atoms with Crippen molar-refractivity contribution < 1.29 is 40.6 Å². The Morgan fingerprint density at radius 2 is 1.97 bits per heavy atom. The molecule has 35 heavy (non-hydrogen) atoms. The second-order valence-electron chi connectivity index (χ2n) is 7.40. The van der Waals surface area contributed by atoms with E-state index in [0.29, 0.717) is 5.69 Å². The highest BCUT2D eigenvalue weighted by Crippen LogP contribution is 2.38. The molecule has 0 bridgehead atoms. The van der Waals surface area contributed by atoms with Crippen molar-refractivity contribution in [2.45, 2.75) is 17.2 Å². The molecule has 0 aliphatic carbocycles. The molecule has 0 saturated heterocycles. The van der Waals surface area contributed by atoms with Crippen molar-refractivity contribution in [1.29, 1.82) is 0 Å². The van der Waals surface area contributed by atoms with E-state index in [1.807, 2.05) is 0 Å². The number of benzene rings is 2. The van der Waals surface area contributed by atoms with Gasteiger partial charge in [0.15, 0.2) is 15.9 Å². The predicted molar refractivity (Wildman–Crippen MR) is 122 cm³/mol. The Balaban J connectivity index is 1.93. The molecule has 0 fully saturated rings. The fourth-order valence-corrected chi connectivity index (χ4v) is 3.89. The molecule has 1 unspecified atom stereocenters. The Hall–Kier alpha value is -3.69. The number of ether oxygens (including phenoxy) is 1. The number of carbonyl (C=O) groups is 1. The first-order valence-electron chi connectivity index (χ1n) is 9.99. The summed E-state index contributed by atoms with van der Waals surface area (Å²) < 4.78 is 73.0. The summed E-state index contributed by atoms with van der Waals surface area (Å²) in [6.45, 7) is 0.0609. The second-order valence-corrected chi connectivity index (χ2v) is 9.42. The number of carbonyl (C=O) groups excluding carboxylic acids is 1. The van der Waals surface area contributed by atoms with Gasteiger partial charge in [-0.2, -0.15) is 13.2 Å². The minimum absolute atomic E-state index is 0.0408. The number of furan rings is 1. The average Bonchev–Trinajstić information content (AvgIpc) is 3.22. The molecule has 2 aromatic carbocycles. The van der Waals surface area contributed by atoms with Gasteiger partial charge in [0, 0.05) is 35.9 Å². The number of anilines is 1. The molecule has 1 amide bonds. The van der Waals surface area contributed by atoms with Crippen molar-refractivity contribution in [2.75, 3.05) is 32.3 Å². The van der Waals surface area contributed by atoms with Crippen LogP contribution in [0.15, 0.2) is 45.9 Å². The minimum atomic E-state index is -4.93. The fraction of sp³-hybridized carbons (Fsp3) is 0.261. The summed E-state index contributed by atoms with van der Waals surface area (Å²) in [5.74, 6) is 5.22. The van der Waals surface area contributed by atoms with E-state index in [2.05, 4.69) is 22.5 Å². The van der Waals surface area contributed by atoms with Crippen molar-refractivity contribution in [3.63, 3.8) is 0 Å². The Bertz CT molecular complexity index is 1440. The van der Waals surface area contributed by atoms with Crippen LogP contribution < -0.4 is 15.4 Å². The number of aliphatic hydroxyl groups is 1. The van der Waals surface area contributed by atoms with E-state index in [-0.39, 0.29) is 39.3 Å². The van der Waals surface area contributed by atoms with E-state index in [0.717, 1.165) is 12.5 Å². The van der Waals surface area contributed by atoms with Crippen molar-refractivity contribution >= 4 is 32.4 Å². The lowest BCUT2D eigenvalue weighted by atomic mass is 10.0. The van der Waals surface area contributed by atoms with Gasteiger partial charge in [0.25, 0.3) is 5.91 Å². The summed E-state index contributed by atoms with van der Waals surface area (Å²) in [6.07, 6.45) is -5.89. The highest BCUT2D eigenvalue weighted by atomic mass is 32.2. The lowest BCUT2D eigenvalue weighted by Crippen LogP contribution is -2.20. The van der Waals surface area contributed by atoms with Gasteiger partial charge in [-0.05, 0) is 24.3 Å². The minimum Gasteiger partial charge on any atom is -0.495 e. The SMILES string of the molecule is CNC(=O)c1cc(C#CCNc2ccc(S(C)(=O)=O)cc2OC)cc2c(C(O)C(F)(F)F)coc12. The van der Waals surface area contributed by atoms with Crippen LogP contribution in [0.25, 0.3) is 11.0 Å². The third-order valence-corrected chi connectivity index (χ3v) is 6.09. The van der Waals surface area contributed by atoms with Gasteiger partial charge in [-0.1, -0.05) is 11.8 Å². The van der Waals surface area contributed by atoms with E-state index in [1.165, 1.54) is 44.5 Å². The number of sulfone groups is 1. The molecular weight excluding hydrogens is 489 g/mol. The van der Waals surface area contributed by atoms with Crippen LogP contribution in [0.3, 0.4) is 0 Å². The summed E-state index contributed by atoms with van der Waals surface area (Å²) in [6, 6.07) is 6.94. The molecule has 0 spiro atoms. The fourth-order valence-electron chi connectivity index (χ4n) is 3.25. The molecule has 186 valence electrons. The molecule has 1 aromatic heterocycles. The third-order valence-electron chi connectivity index (χ3n) is 4.98. The zero-order valence-corrected chi connectivity index (χ0v) is 19.6. The van der Waals surface area contributed by atoms with Crippen molar-refractivity contribution in [3.05, 3.63) is 53.3 Å². The smallest absolute Gasteiger partial charge is 0.418 e. The molecule has 3 aromatic rings. The molecular formula is C23H21F3N2O6S. The number of aliphatic hydroxyl groups excluding tert-OH is 1. The van der Waals surface area contributed by atoms with Crippen LogP contribution in [0, 0.1) is 11.8 Å². The van der Waals surface area contributed by atoms with Crippen LogP contribution in [0.4, 0.5) is 18.9 Å². The topological polar surface area (TPSA) is 118 Å². The first-order valence-corrected chi connectivity index (χ1v) is 11.9. The number of rotatable bonds is 6. The van der Waals surface area contributed by atoms with Gasteiger partial charge in [0.1, 0.15) is 11.3 Å². The maximum atomic E-state index is 13.1. The molecule has 3 rings (SSSR count). The molecule has 1 heterocycles. The zero-order valence-electron chi connectivity index (χ0n) is 18.8. The molecule has 12 heteroatoms. The van der Waals surface area contributed by atoms with Crippen LogP contribution in [0.2, 0.25) is 0 Å². The summed E-state index contributed by atoms with van der Waals surface area (Å²) in [4.78, 5) is 12.3. The van der Waals surface area contributed by atoms with Crippen LogP contribution in [-0.4, -0.2) is 52.6 Å².